The van der Waals surface area contributed by atoms with Crippen LogP contribution < -0.4 is 10.1 Å². The van der Waals surface area contributed by atoms with Crippen LogP contribution in [-0.2, 0) is 26.5 Å². The summed E-state index contributed by atoms with van der Waals surface area (Å²) in [4.78, 5) is 7.12. The molecule has 292 valence electrons. The third-order valence-electron chi connectivity index (χ3n) is 10.9. The molecule has 3 heterocycles. The van der Waals surface area contributed by atoms with E-state index in [9.17, 15) is 0 Å². The molecule has 0 aliphatic carbocycles. The van der Waals surface area contributed by atoms with Gasteiger partial charge in [-0.25, -0.2) is 0 Å². The number of rotatable bonds is 7. The van der Waals surface area contributed by atoms with Gasteiger partial charge in [-0.15, -0.1) is 40.4 Å². The smallest absolute Gasteiger partial charge is 0.661 e. The number of hydrogen-bond acceptors (Lipinski definition) is 3. The number of anilines is 2. The zero-order valence-corrected chi connectivity index (χ0v) is 37.4. The van der Waals surface area contributed by atoms with Crippen LogP contribution in [0.15, 0.2) is 168 Å². The minimum Gasteiger partial charge on any atom is -0.661 e. The van der Waals surface area contributed by atoms with Crippen molar-refractivity contribution in [3.63, 3.8) is 0 Å². The second-order valence-electron chi connectivity index (χ2n) is 16.5. The first-order chi connectivity index (χ1) is 28.2. The van der Waals surface area contributed by atoms with Crippen molar-refractivity contribution in [3.8, 4) is 22.4 Å². The van der Waals surface area contributed by atoms with Crippen LogP contribution in [0.5, 0.6) is 0 Å². The van der Waals surface area contributed by atoms with Crippen LogP contribution in [0.4, 0.5) is 17.1 Å². The maximum atomic E-state index is 6.34. The van der Waals surface area contributed by atoms with Gasteiger partial charge in [-0.1, -0.05) is 159 Å². The van der Waals surface area contributed by atoms with Crippen molar-refractivity contribution in [2.45, 2.75) is 46.1 Å². The van der Waals surface area contributed by atoms with Crippen molar-refractivity contribution < 1.29 is 24.5 Å². The summed E-state index contributed by atoms with van der Waals surface area (Å²) in [5, 5.41) is 11.3. The van der Waals surface area contributed by atoms with E-state index in [1.54, 1.807) is 0 Å². The largest absolute Gasteiger partial charge is 3.00 e. The van der Waals surface area contributed by atoms with Gasteiger partial charge in [0, 0.05) is 28.5 Å². The summed E-state index contributed by atoms with van der Waals surface area (Å²) < 4.78 is 6.34. The maximum Gasteiger partial charge on any atom is 3.00 e. The Hall–Kier alpha value is -5.78. The topological polar surface area (TPSA) is 43.4 Å². The fourth-order valence-corrected chi connectivity index (χ4v) is 9.80. The van der Waals surface area contributed by atoms with Crippen molar-refractivity contribution in [1.82, 2.24) is 4.98 Å². The van der Waals surface area contributed by atoms with E-state index in [-0.39, 0.29) is 26.3 Å². The molecule has 9 aromatic rings. The van der Waals surface area contributed by atoms with Crippen molar-refractivity contribution in [2.75, 3.05) is 4.90 Å². The van der Waals surface area contributed by atoms with Crippen LogP contribution in [0.25, 0.3) is 60.4 Å². The Morgan fingerprint density at radius 1 is 0.712 bits per heavy atom. The van der Waals surface area contributed by atoms with Crippen LogP contribution in [0.2, 0.25) is 19.6 Å². The van der Waals surface area contributed by atoms with Gasteiger partial charge < -0.3 is 19.6 Å². The van der Waals surface area contributed by atoms with Crippen LogP contribution in [0.3, 0.4) is 0 Å². The van der Waals surface area contributed by atoms with Crippen molar-refractivity contribution in [1.29, 1.82) is 0 Å². The average molecular weight is 961 g/mol. The number of para-hydroxylation sites is 3. The first kappa shape index (κ1) is 40.0. The van der Waals surface area contributed by atoms with Gasteiger partial charge in [0.1, 0.15) is 5.58 Å². The molecule has 4 nitrogen and oxygen atoms in total. The van der Waals surface area contributed by atoms with E-state index in [0.717, 1.165) is 62.2 Å². The van der Waals surface area contributed by atoms with Crippen molar-refractivity contribution in [2.24, 2.45) is 5.92 Å². The van der Waals surface area contributed by atoms with E-state index < -0.39 is 8.07 Å². The van der Waals surface area contributed by atoms with Gasteiger partial charge in [0.25, 0.3) is 0 Å². The molecule has 0 saturated carbocycles. The van der Waals surface area contributed by atoms with Gasteiger partial charge in [-0.3, -0.25) is 0 Å². The van der Waals surface area contributed by atoms with Crippen molar-refractivity contribution >= 4 is 63.0 Å². The van der Waals surface area contributed by atoms with E-state index in [1.807, 2.05) is 42.5 Å². The molecule has 0 amide bonds. The molecule has 0 radical (unpaired) electrons. The van der Waals surface area contributed by atoms with E-state index >= 15 is 0 Å². The van der Waals surface area contributed by atoms with Gasteiger partial charge in [-0.05, 0) is 64.8 Å². The van der Waals surface area contributed by atoms with E-state index in [4.69, 9.17) is 14.7 Å². The number of hydrogen-bond donors (Lipinski definition) is 0. The molecular weight excluding hydrogens is 915 g/mol. The standard InChI is InChI=1S/C31H20N2O.C22H26NSi.Ir/c1-2-9-21(10-3-1)22-17-19-23(20-18-22)33-28-15-6-5-14-27(28)32-31(33)26-13-8-12-25-24-11-4-7-16-29(24)34-30(25)26;1-16(2)13-18-14-21(23-15-22(18)24(3,4)5)20-12-8-10-17-9-6-7-11-19(17)20;/h1-12,14-20,31H;6-11,14-16H,13H2,1-5H3;/q-2;-1;+3. The summed E-state index contributed by atoms with van der Waals surface area (Å²) in [7, 11) is -1.39. The molecule has 0 spiro atoms. The summed E-state index contributed by atoms with van der Waals surface area (Å²) in [6.45, 7) is 11.8. The van der Waals surface area contributed by atoms with Gasteiger partial charge in [0.15, 0.2) is 0 Å². The third kappa shape index (κ3) is 8.01. The normalized spacial score (nSPS) is 13.5. The molecular formula is C53H46IrN3OSi. The first-order valence-corrected chi connectivity index (χ1v) is 23.7. The molecule has 7 aromatic carbocycles. The van der Waals surface area contributed by atoms with Gasteiger partial charge in [-0.2, -0.15) is 18.2 Å². The summed E-state index contributed by atoms with van der Waals surface area (Å²) in [6, 6.07) is 61.4. The minimum absolute atomic E-state index is 0. The first-order valence-electron chi connectivity index (χ1n) is 20.2. The summed E-state index contributed by atoms with van der Waals surface area (Å²) in [5.74, 6) is 0.645. The zero-order valence-electron chi connectivity index (χ0n) is 34.0. The number of benzene rings is 7. The molecule has 1 aliphatic heterocycles. The molecule has 6 heteroatoms. The van der Waals surface area contributed by atoms with E-state index in [2.05, 4.69) is 172 Å². The fraction of sp³-hybridized carbons (Fsp3) is 0.151. The minimum atomic E-state index is -1.39. The fourth-order valence-electron chi connectivity index (χ4n) is 8.21. The Bertz CT molecular complexity index is 2870. The molecule has 0 N–H and O–H groups in total. The van der Waals surface area contributed by atoms with E-state index in [0.29, 0.717) is 5.92 Å². The second-order valence-corrected chi connectivity index (χ2v) is 21.6. The Morgan fingerprint density at radius 2 is 1.39 bits per heavy atom. The number of nitrogens with zero attached hydrogens (tertiary/aromatic N) is 3. The SMILES string of the molecule is CC(C)Cc1cc(-c2[c-]ccc3ccccc23)ncc1[Si](C)(C)C.[Ir+3].[c-]1ccc2c(oc3ccccc32)c1C1[N-]c2ccccc2N1c1ccc(-c2ccccc2)cc1. The monoisotopic (exact) mass is 961 g/mol. The number of pyridine rings is 1. The van der Waals surface area contributed by atoms with Crippen LogP contribution in [0, 0.1) is 18.1 Å². The molecule has 59 heavy (non-hydrogen) atoms. The number of fused-ring (bicyclic) bond motifs is 5. The molecule has 1 aliphatic rings. The quantitative estimate of drug-likeness (QED) is 0.118. The molecule has 10 rings (SSSR count). The maximum absolute atomic E-state index is 6.34. The number of aromatic nitrogens is 1. The van der Waals surface area contributed by atoms with Crippen LogP contribution in [-0.4, -0.2) is 13.1 Å². The van der Waals surface area contributed by atoms with Gasteiger partial charge in [0.2, 0.25) is 0 Å². The molecule has 0 bridgehead atoms. The summed E-state index contributed by atoms with van der Waals surface area (Å²) >= 11 is 0. The van der Waals surface area contributed by atoms with Crippen LogP contribution >= 0.6 is 0 Å². The van der Waals surface area contributed by atoms with Gasteiger partial charge in [0.05, 0.1) is 8.07 Å². The zero-order chi connectivity index (χ0) is 39.8. The molecule has 0 saturated heterocycles. The van der Waals surface area contributed by atoms with Gasteiger partial charge >= 0.3 is 20.1 Å². The average Bonchev–Trinajstić information content (AvgIpc) is 3.83. The number of furan rings is 1. The van der Waals surface area contributed by atoms with Crippen molar-refractivity contribution in [3.05, 3.63) is 192 Å². The predicted molar refractivity (Wildman–Crippen MR) is 246 cm³/mol. The predicted octanol–water partition coefficient (Wildman–Crippen LogP) is 14.4. The molecule has 1 unspecified atom stereocenters. The van der Waals surface area contributed by atoms with E-state index in [1.165, 1.54) is 32.6 Å². The summed E-state index contributed by atoms with van der Waals surface area (Å²) in [6.07, 6.45) is 2.98. The Labute approximate surface area is 362 Å². The third-order valence-corrected chi connectivity index (χ3v) is 13.0. The van der Waals surface area contributed by atoms with Crippen LogP contribution in [0.1, 0.15) is 31.1 Å². The molecule has 1 atom stereocenters. The Kier molecular flexibility index (Phi) is 11.4. The molecule has 2 aromatic heterocycles. The Morgan fingerprint density at radius 3 is 2.17 bits per heavy atom. The Balaban J connectivity index is 0.000000172. The summed E-state index contributed by atoms with van der Waals surface area (Å²) in [5.41, 5.74) is 11.8. The second kappa shape index (κ2) is 16.8. The molecule has 0 fully saturated rings.